The van der Waals surface area contributed by atoms with Crippen molar-refractivity contribution < 1.29 is 0 Å². The van der Waals surface area contributed by atoms with Crippen LogP contribution in [0.3, 0.4) is 0 Å². The molecule has 2 rings (SSSR count). The SMILES string of the molecule is Cc1nc2cc(CC(C)NCC(C)C)ccc2n1C. The monoisotopic (exact) mass is 259 g/mol. The zero-order valence-corrected chi connectivity index (χ0v) is 12.7. The second-order valence-corrected chi connectivity index (χ2v) is 5.95. The van der Waals surface area contributed by atoms with Gasteiger partial charge in [-0.15, -0.1) is 0 Å². The molecular weight excluding hydrogens is 234 g/mol. The topological polar surface area (TPSA) is 29.9 Å². The zero-order chi connectivity index (χ0) is 14.0. The van der Waals surface area contributed by atoms with E-state index in [4.69, 9.17) is 0 Å². The first-order valence-corrected chi connectivity index (χ1v) is 7.12. The van der Waals surface area contributed by atoms with Gasteiger partial charge in [-0.1, -0.05) is 19.9 Å². The first-order chi connectivity index (χ1) is 8.97. The fourth-order valence-electron chi connectivity index (χ4n) is 2.36. The second kappa shape index (κ2) is 5.74. The highest BCUT2D eigenvalue weighted by Crippen LogP contribution is 2.17. The molecule has 19 heavy (non-hydrogen) atoms. The molecule has 0 aliphatic carbocycles. The van der Waals surface area contributed by atoms with Crippen LogP contribution in [0.2, 0.25) is 0 Å². The number of hydrogen-bond donors (Lipinski definition) is 1. The van der Waals surface area contributed by atoms with E-state index in [9.17, 15) is 0 Å². The molecule has 2 aromatic rings. The van der Waals surface area contributed by atoms with Gasteiger partial charge >= 0.3 is 0 Å². The lowest BCUT2D eigenvalue weighted by Gasteiger charge is -2.15. The largest absolute Gasteiger partial charge is 0.331 e. The third-order valence-electron chi connectivity index (χ3n) is 3.59. The average Bonchev–Trinajstić information content (AvgIpc) is 2.62. The molecule has 0 aliphatic rings. The number of benzene rings is 1. The van der Waals surface area contributed by atoms with Crippen molar-refractivity contribution in [2.75, 3.05) is 6.54 Å². The van der Waals surface area contributed by atoms with Crippen molar-refractivity contribution in [3.63, 3.8) is 0 Å². The maximum atomic E-state index is 4.60. The van der Waals surface area contributed by atoms with Gasteiger partial charge in [0.1, 0.15) is 5.82 Å². The van der Waals surface area contributed by atoms with Gasteiger partial charge in [-0.25, -0.2) is 4.98 Å². The summed E-state index contributed by atoms with van der Waals surface area (Å²) in [6.07, 6.45) is 1.05. The Morgan fingerprint density at radius 3 is 2.68 bits per heavy atom. The molecule has 0 fully saturated rings. The van der Waals surface area contributed by atoms with Crippen LogP contribution in [0.25, 0.3) is 11.0 Å². The van der Waals surface area contributed by atoms with Crippen molar-refractivity contribution in [2.45, 2.75) is 40.2 Å². The molecule has 0 bridgehead atoms. The van der Waals surface area contributed by atoms with E-state index < -0.39 is 0 Å². The quantitative estimate of drug-likeness (QED) is 0.894. The lowest BCUT2D eigenvalue weighted by Crippen LogP contribution is -2.31. The van der Waals surface area contributed by atoms with Gasteiger partial charge in [-0.05, 0) is 50.4 Å². The molecule has 1 unspecified atom stereocenters. The summed E-state index contributed by atoms with van der Waals surface area (Å²) in [5.74, 6) is 1.77. The number of aryl methyl sites for hydroxylation is 2. The fraction of sp³-hybridized carbons (Fsp3) is 0.562. The third kappa shape index (κ3) is 3.35. The summed E-state index contributed by atoms with van der Waals surface area (Å²) in [4.78, 5) is 4.60. The summed E-state index contributed by atoms with van der Waals surface area (Å²) in [5, 5.41) is 3.57. The number of fused-ring (bicyclic) bond motifs is 1. The van der Waals surface area contributed by atoms with Crippen LogP contribution in [0.5, 0.6) is 0 Å². The molecule has 1 aromatic heterocycles. The first-order valence-electron chi connectivity index (χ1n) is 7.12. The van der Waals surface area contributed by atoms with Gasteiger partial charge in [-0.3, -0.25) is 0 Å². The molecule has 1 heterocycles. The molecule has 3 heteroatoms. The molecule has 1 atom stereocenters. The molecule has 0 saturated carbocycles. The Bertz CT molecular complexity index is 554. The minimum atomic E-state index is 0.504. The Morgan fingerprint density at radius 2 is 2.00 bits per heavy atom. The summed E-state index contributed by atoms with van der Waals surface area (Å²) in [7, 11) is 2.07. The Balaban J connectivity index is 2.09. The van der Waals surface area contributed by atoms with Crippen molar-refractivity contribution in [1.82, 2.24) is 14.9 Å². The van der Waals surface area contributed by atoms with Crippen molar-refractivity contribution >= 4 is 11.0 Å². The number of nitrogens with zero attached hydrogens (tertiary/aromatic N) is 2. The maximum absolute atomic E-state index is 4.60. The van der Waals surface area contributed by atoms with Crippen LogP contribution >= 0.6 is 0 Å². The number of nitrogens with one attached hydrogen (secondary N) is 1. The van der Waals surface area contributed by atoms with Crippen molar-refractivity contribution in [2.24, 2.45) is 13.0 Å². The molecule has 3 nitrogen and oxygen atoms in total. The Morgan fingerprint density at radius 1 is 1.26 bits per heavy atom. The molecule has 0 spiro atoms. The van der Waals surface area contributed by atoms with Gasteiger partial charge in [0.2, 0.25) is 0 Å². The summed E-state index contributed by atoms with van der Waals surface area (Å²) >= 11 is 0. The van der Waals surface area contributed by atoms with Crippen molar-refractivity contribution in [3.8, 4) is 0 Å². The summed E-state index contributed by atoms with van der Waals surface area (Å²) in [6, 6.07) is 7.12. The predicted octanol–water partition coefficient (Wildman–Crippen LogP) is 3.06. The van der Waals surface area contributed by atoms with Gasteiger partial charge < -0.3 is 9.88 Å². The Labute approximate surface area is 116 Å². The highest BCUT2D eigenvalue weighted by molar-refractivity contribution is 5.76. The Hall–Kier alpha value is -1.35. The normalized spacial score (nSPS) is 13.4. The summed E-state index contributed by atoms with van der Waals surface area (Å²) in [5.41, 5.74) is 3.67. The van der Waals surface area contributed by atoms with Crippen LogP contribution in [0, 0.1) is 12.8 Å². The molecule has 0 saturated heterocycles. The minimum absolute atomic E-state index is 0.504. The van der Waals surface area contributed by atoms with E-state index >= 15 is 0 Å². The zero-order valence-electron chi connectivity index (χ0n) is 12.7. The lowest BCUT2D eigenvalue weighted by molar-refractivity contribution is 0.482. The van der Waals surface area contributed by atoms with E-state index in [1.165, 1.54) is 11.1 Å². The smallest absolute Gasteiger partial charge is 0.106 e. The first kappa shape index (κ1) is 14.1. The molecule has 1 aromatic carbocycles. The van der Waals surface area contributed by atoms with E-state index in [0.29, 0.717) is 12.0 Å². The molecule has 0 amide bonds. The molecule has 104 valence electrons. The molecular formula is C16H25N3. The highest BCUT2D eigenvalue weighted by atomic mass is 15.0. The summed E-state index contributed by atoms with van der Waals surface area (Å²) in [6.45, 7) is 9.85. The van der Waals surface area contributed by atoms with Crippen LogP contribution in [-0.2, 0) is 13.5 Å². The second-order valence-electron chi connectivity index (χ2n) is 5.95. The number of aromatic nitrogens is 2. The molecule has 0 radical (unpaired) electrons. The fourth-order valence-corrected chi connectivity index (χ4v) is 2.36. The van der Waals surface area contributed by atoms with Gasteiger partial charge in [0.25, 0.3) is 0 Å². The van der Waals surface area contributed by atoms with Crippen molar-refractivity contribution in [3.05, 3.63) is 29.6 Å². The standard InChI is InChI=1S/C16H25N3/c1-11(2)10-17-12(3)8-14-6-7-16-15(9-14)18-13(4)19(16)5/h6-7,9,11-12,17H,8,10H2,1-5H3. The molecule has 1 N–H and O–H groups in total. The Kier molecular flexibility index (Phi) is 4.25. The van der Waals surface area contributed by atoms with Crippen LogP contribution in [-0.4, -0.2) is 22.1 Å². The number of imidazole rings is 1. The van der Waals surface area contributed by atoms with Crippen LogP contribution in [0.4, 0.5) is 0 Å². The van der Waals surface area contributed by atoms with E-state index in [-0.39, 0.29) is 0 Å². The molecule has 0 aliphatic heterocycles. The van der Waals surface area contributed by atoms with E-state index in [1.54, 1.807) is 0 Å². The number of hydrogen-bond acceptors (Lipinski definition) is 2. The van der Waals surface area contributed by atoms with Gasteiger partial charge in [0.15, 0.2) is 0 Å². The predicted molar refractivity (Wildman–Crippen MR) is 81.5 cm³/mol. The maximum Gasteiger partial charge on any atom is 0.106 e. The van der Waals surface area contributed by atoms with E-state index in [0.717, 1.165) is 24.3 Å². The van der Waals surface area contributed by atoms with Gasteiger partial charge in [0.05, 0.1) is 11.0 Å². The van der Waals surface area contributed by atoms with Crippen LogP contribution < -0.4 is 5.32 Å². The van der Waals surface area contributed by atoms with Crippen molar-refractivity contribution in [1.29, 1.82) is 0 Å². The van der Waals surface area contributed by atoms with Crippen LogP contribution in [0.1, 0.15) is 32.2 Å². The summed E-state index contributed by atoms with van der Waals surface area (Å²) < 4.78 is 2.14. The van der Waals surface area contributed by atoms with Gasteiger partial charge in [0, 0.05) is 13.1 Å². The van der Waals surface area contributed by atoms with Gasteiger partial charge in [-0.2, -0.15) is 0 Å². The number of rotatable bonds is 5. The lowest BCUT2D eigenvalue weighted by atomic mass is 10.1. The average molecular weight is 259 g/mol. The van der Waals surface area contributed by atoms with Crippen LogP contribution in [0.15, 0.2) is 18.2 Å². The minimum Gasteiger partial charge on any atom is -0.331 e. The van der Waals surface area contributed by atoms with E-state index in [1.807, 2.05) is 6.92 Å². The highest BCUT2D eigenvalue weighted by Gasteiger charge is 2.08. The van der Waals surface area contributed by atoms with E-state index in [2.05, 4.69) is 60.9 Å². The third-order valence-corrected chi connectivity index (χ3v) is 3.59.